The number of piperidine rings is 1. The van der Waals surface area contributed by atoms with Crippen molar-refractivity contribution in [3.05, 3.63) is 45.8 Å². The van der Waals surface area contributed by atoms with E-state index in [4.69, 9.17) is 0 Å². The minimum absolute atomic E-state index is 0.0369. The van der Waals surface area contributed by atoms with E-state index in [1.165, 1.54) is 53.9 Å². The van der Waals surface area contributed by atoms with Crippen LogP contribution in [0.3, 0.4) is 0 Å². The smallest absolute Gasteiger partial charge is 0.256 e. The maximum Gasteiger partial charge on any atom is 0.256 e. The fourth-order valence-corrected chi connectivity index (χ4v) is 7.60. The Kier molecular flexibility index (Phi) is 7.30. The molecule has 9 nitrogen and oxygen atoms in total. The van der Waals surface area contributed by atoms with Gasteiger partial charge in [-0.15, -0.1) is 11.3 Å². The number of amides is 3. The molecule has 3 heterocycles. The first-order valence-corrected chi connectivity index (χ1v) is 13.9. The molecule has 1 aromatic heterocycles. The molecule has 0 radical (unpaired) electrons. The lowest BCUT2D eigenvalue weighted by Crippen LogP contribution is -2.41. The van der Waals surface area contributed by atoms with Crippen molar-refractivity contribution in [3.8, 4) is 0 Å². The highest BCUT2D eigenvalue weighted by Gasteiger charge is 2.32. The van der Waals surface area contributed by atoms with Crippen molar-refractivity contribution in [1.82, 2.24) is 14.5 Å². The molecule has 35 heavy (non-hydrogen) atoms. The Morgan fingerprint density at radius 2 is 1.77 bits per heavy atom. The van der Waals surface area contributed by atoms with E-state index < -0.39 is 15.9 Å². The zero-order valence-corrected chi connectivity index (χ0v) is 21.7. The minimum Gasteiger partial charge on any atom is -0.355 e. The molecule has 2 aliphatic heterocycles. The standard InChI is InChI=1S/C24H30N4O5S2/c1-15-6-4-5-12-28(15)35(32,33)18-9-7-17(8-10-18)22(30)26-24-21(23(31)25-3)19-11-13-27(16(2)29)14-20(19)34-24/h7-10,15H,4-6,11-14H2,1-3H3,(H,25,31)(H,26,30). The number of fused-ring (bicyclic) bond motifs is 1. The molecule has 1 atom stereocenters. The summed E-state index contributed by atoms with van der Waals surface area (Å²) in [5.41, 5.74) is 1.55. The number of hydrogen-bond donors (Lipinski definition) is 2. The van der Waals surface area contributed by atoms with Crippen molar-refractivity contribution in [2.24, 2.45) is 0 Å². The van der Waals surface area contributed by atoms with Crippen molar-refractivity contribution < 1.29 is 22.8 Å². The summed E-state index contributed by atoms with van der Waals surface area (Å²) < 4.78 is 27.7. The number of carbonyl (C=O) groups is 3. The summed E-state index contributed by atoms with van der Waals surface area (Å²) in [6, 6.07) is 5.83. The van der Waals surface area contributed by atoms with Gasteiger partial charge in [0.1, 0.15) is 5.00 Å². The number of nitrogens with one attached hydrogen (secondary N) is 2. The van der Waals surface area contributed by atoms with Gasteiger partial charge in [-0.1, -0.05) is 6.42 Å². The van der Waals surface area contributed by atoms with Crippen molar-refractivity contribution in [2.75, 3.05) is 25.5 Å². The SMILES string of the molecule is CNC(=O)c1c(NC(=O)c2ccc(S(=O)(=O)N3CCCCC3C)cc2)sc2c1CCN(C(C)=O)C2. The van der Waals surface area contributed by atoms with E-state index in [1.54, 1.807) is 4.90 Å². The molecule has 3 amide bonds. The van der Waals surface area contributed by atoms with Crippen molar-refractivity contribution >= 4 is 44.1 Å². The summed E-state index contributed by atoms with van der Waals surface area (Å²) in [6.07, 6.45) is 3.23. The van der Waals surface area contributed by atoms with Crippen LogP contribution in [0.2, 0.25) is 0 Å². The van der Waals surface area contributed by atoms with Crippen LogP contribution in [0.25, 0.3) is 0 Å². The Balaban J connectivity index is 1.56. The highest BCUT2D eigenvalue weighted by atomic mass is 32.2. The summed E-state index contributed by atoms with van der Waals surface area (Å²) in [7, 11) is -2.10. The second-order valence-corrected chi connectivity index (χ2v) is 11.9. The fourth-order valence-electron chi connectivity index (χ4n) is 4.64. The zero-order chi connectivity index (χ0) is 25.3. The minimum atomic E-state index is -3.63. The van der Waals surface area contributed by atoms with Crippen LogP contribution in [-0.2, 0) is 27.8 Å². The molecular formula is C24H30N4O5S2. The van der Waals surface area contributed by atoms with Crippen LogP contribution in [0, 0.1) is 0 Å². The number of thiophene rings is 1. The molecule has 0 aliphatic carbocycles. The predicted octanol–water partition coefficient (Wildman–Crippen LogP) is 2.83. The number of hydrogen-bond acceptors (Lipinski definition) is 6. The van der Waals surface area contributed by atoms with Crippen molar-refractivity contribution in [1.29, 1.82) is 0 Å². The molecule has 11 heteroatoms. The first-order chi connectivity index (χ1) is 16.6. The highest BCUT2D eigenvalue weighted by Crippen LogP contribution is 2.37. The van der Waals surface area contributed by atoms with Crippen LogP contribution >= 0.6 is 11.3 Å². The third-order valence-electron chi connectivity index (χ3n) is 6.65. The maximum absolute atomic E-state index is 13.1. The predicted molar refractivity (Wildman–Crippen MR) is 134 cm³/mol. The van der Waals surface area contributed by atoms with Crippen molar-refractivity contribution in [2.45, 2.75) is 57.0 Å². The van der Waals surface area contributed by atoms with E-state index in [2.05, 4.69) is 10.6 Å². The van der Waals surface area contributed by atoms with Gasteiger partial charge in [-0.3, -0.25) is 14.4 Å². The molecular weight excluding hydrogens is 488 g/mol. The monoisotopic (exact) mass is 518 g/mol. The molecule has 0 bridgehead atoms. The molecule has 1 aromatic carbocycles. The Morgan fingerprint density at radius 1 is 1.06 bits per heavy atom. The lowest BCUT2D eigenvalue weighted by Gasteiger charge is -2.32. The highest BCUT2D eigenvalue weighted by molar-refractivity contribution is 7.89. The number of rotatable bonds is 5. The van der Waals surface area contributed by atoms with Crippen LogP contribution in [0.15, 0.2) is 29.2 Å². The number of sulfonamides is 1. The average Bonchev–Trinajstić information content (AvgIpc) is 3.20. The Bertz CT molecular complexity index is 1250. The van der Waals surface area contributed by atoms with Gasteiger partial charge in [-0.25, -0.2) is 8.42 Å². The Hall–Kier alpha value is -2.76. The molecule has 1 fully saturated rings. The van der Waals surface area contributed by atoms with Crippen LogP contribution in [-0.4, -0.2) is 61.5 Å². The third kappa shape index (κ3) is 4.98. The van der Waals surface area contributed by atoms with E-state index in [1.807, 2.05) is 6.92 Å². The molecule has 1 saturated heterocycles. The molecule has 2 aromatic rings. The largest absolute Gasteiger partial charge is 0.355 e. The quantitative estimate of drug-likeness (QED) is 0.632. The Labute approximate surface area is 209 Å². The zero-order valence-electron chi connectivity index (χ0n) is 20.1. The second-order valence-electron chi connectivity index (χ2n) is 8.92. The van der Waals surface area contributed by atoms with Gasteiger partial charge in [0.05, 0.1) is 17.0 Å². The first-order valence-electron chi connectivity index (χ1n) is 11.7. The van der Waals surface area contributed by atoms with Crippen LogP contribution in [0.1, 0.15) is 64.3 Å². The van der Waals surface area contributed by atoms with Gasteiger partial charge in [-0.05, 0) is 56.0 Å². The van der Waals surface area contributed by atoms with Gasteiger partial charge in [-0.2, -0.15) is 4.31 Å². The topological polar surface area (TPSA) is 116 Å². The Morgan fingerprint density at radius 3 is 2.40 bits per heavy atom. The second kappa shape index (κ2) is 10.1. The van der Waals surface area contributed by atoms with Gasteiger partial charge in [0.25, 0.3) is 11.8 Å². The van der Waals surface area contributed by atoms with Crippen molar-refractivity contribution in [3.63, 3.8) is 0 Å². The van der Waals surface area contributed by atoms with E-state index in [-0.39, 0.29) is 28.3 Å². The van der Waals surface area contributed by atoms with E-state index in [0.29, 0.717) is 36.6 Å². The van der Waals surface area contributed by atoms with Gasteiger partial charge in [0.2, 0.25) is 15.9 Å². The maximum atomic E-state index is 13.1. The average molecular weight is 519 g/mol. The summed E-state index contributed by atoms with van der Waals surface area (Å²) in [6.45, 7) is 4.84. The number of carbonyl (C=O) groups excluding carboxylic acids is 3. The van der Waals surface area contributed by atoms with E-state index >= 15 is 0 Å². The van der Waals surface area contributed by atoms with Gasteiger partial charge >= 0.3 is 0 Å². The van der Waals surface area contributed by atoms with Crippen LogP contribution < -0.4 is 10.6 Å². The van der Waals surface area contributed by atoms with E-state index in [0.717, 1.165) is 29.7 Å². The summed E-state index contributed by atoms with van der Waals surface area (Å²) in [5, 5.41) is 5.88. The number of anilines is 1. The summed E-state index contributed by atoms with van der Waals surface area (Å²) in [5.74, 6) is -0.774. The van der Waals surface area contributed by atoms with Gasteiger partial charge in [0, 0.05) is 43.5 Å². The lowest BCUT2D eigenvalue weighted by molar-refractivity contribution is -0.129. The first kappa shape index (κ1) is 25.3. The van der Waals surface area contributed by atoms with Gasteiger partial charge in [0.15, 0.2) is 0 Å². The molecule has 0 saturated carbocycles. The fraction of sp³-hybridized carbons (Fsp3) is 0.458. The molecule has 2 N–H and O–H groups in total. The van der Waals surface area contributed by atoms with Crippen LogP contribution in [0.4, 0.5) is 5.00 Å². The normalized spacial score (nSPS) is 18.6. The molecule has 0 spiro atoms. The number of benzene rings is 1. The number of nitrogens with zero attached hydrogens (tertiary/aromatic N) is 2. The van der Waals surface area contributed by atoms with E-state index in [9.17, 15) is 22.8 Å². The molecule has 188 valence electrons. The molecule has 2 aliphatic rings. The molecule has 1 unspecified atom stereocenters. The van der Waals surface area contributed by atoms with Gasteiger partial charge < -0.3 is 15.5 Å². The molecule has 4 rings (SSSR count). The summed E-state index contributed by atoms with van der Waals surface area (Å²) in [4.78, 5) is 40.2. The summed E-state index contributed by atoms with van der Waals surface area (Å²) >= 11 is 1.29. The third-order valence-corrected chi connectivity index (χ3v) is 9.81. The van der Waals surface area contributed by atoms with Crippen LogP contribution in [0.5, 0.6) is 0 Å². The lowest BCUT2D eigenvalue weighted by atomic mass is 10.0.